The van der Waals surface area contributed by atoms with Crippen molar-refractivity contribution >= 4 is 21.8 Å². The minimum atomic E-state index is 0.00396. The molecule has 0 unspecified atom stereocenters. The summed E-state index contributed by atoms with van der Waals surface area (Å²) in [4.78, 5) is 14.6. The molecule has 1 amide bonds. The summed E-state index contributed by atoms with van der Waals surface area (Å²) in [7, 11) is 4.24. The van der Waals surface area contributed by atoms with Crippen molar-refractivity contribution in [2.75, 3.05) is 20.6 Å². The van der Waals surface area contributed by atoms with Crippen LogP contribution in [-0.2, 0) is 0 Å². The molecule has 4 heteroatoms. The maximum absolute atomic E-state index is 12.3. The maximum Gasteiger partial charge on any atom is 0.252 e. The molecule has 1 aliphatic rings. The van der Waals surface area contributed by atoms with Gasteiger partial charge in [-0.2, -0.15) is 0 Å². The van der Waals surface area contributed by atoms with Gasteiger partial charge in [-0.1, -0.05) is 31.4 Å². The summed E-state index contributed by atoms with van der Waals surface area (Å²) in [5.41, 5.74) is 0.826. The Morgan fingerprint density at radius 3 is 2.50 bits per heavy atom. The van der Waals surface area contributed by atoms with Crippen LogP contribution in [0.2, 0.25) is 0 Å². The molecule has 0 heterocycles. The molecular formula is C16H23BrN2O. The van der Waals surface area contributed by atoms with Crippen LogP contribution in [0, 0.1) is 0 Å². The molecule has 0 aromatic heterocycles. The second-order valence-electron chi connectivity index (χ2n) is 5.84. The second kappa shape index (κ2) is 6.72. The Bertz CT molecular complexity index is 467. The summed E-state index contributed by atoms with van der Waals surface area (Å²) in [6, 6.07) is 7.56. The molecule has 1 aromatic rings. The van der Waals surface area contributed by atoms with Gasteiger partial charge in [0.1, 0.15) is 0 Å². The molecule has 2 rings (SSSR count). The molecular weight excluding hydrogens is 316 g/mol. The number of hydrogen-bond donors (Lipinski definition) is 1. The highest BCUT2D eigenvalue weighted by Crippen LogP contribution is 2.31. The smallest absolute Gasteiger partial charge is 0.252 e. The predicted molar refractivity (Wildman–Crippen MR) is 86.0 cm³/mol. The Hall–Kier alpha value is -0.870. The number of halogens is 1. The number of benzene rings is 1. The standard InChI is InChI=1S/C16H23BrN2O/c1-19(2)16(10-6-3-7-11-16)12-18-15(20)13-8-4-5-9-14(13)17/h4-5,8-9H,3,6-7,10-12H2,1-2H3,(H,18,20). The SMILES string of the molecule is CN(C)C1(CNC(=O)c2ccccc2Br)CCCCC1. The minimum absolute atomic E-state index is 0.00396. The quantitative estimate of drug-likeness (QED) is 0.911. The van der Waals surface area contributed by atoms with Gasteiger partial charge >= 0.3 is 0 Å². The number of rotatable bonds is 4. The lowest BCUT2D eigenvalue weighted by molar-refractivity contribution is 0.0799. The van der Waals surface area contributed by atoms with E-state index in [0.29, 0.717) is 5.56 Å². The van der Waals surface area contributed by atoms with Crippen LogP contribution >= 0.6 is 15.9 Å². The van der Waals surface area contributed by atoms with E-state index in [1.165, 1.54) is 19.3 Å². The Labute approximate surface area is 129 Å². The molecule has 110 valence electrons. The molecule has 20 heavy (non-hydrogen) atoms. The highest BCUT2D eigenvalue weighted by Gasteiger charge is 2.34. The first kappa shape index (κ1) is 15.5. The van der Waals surface area contributed by atoms with Crippen molar-refractivity contribution in [1.82, 2.24) is 10.2 Å². The number of likely N-dealkylation sites (N-methyl/N-ethyl adjacent to an activating group) is 1. The number of nitrogens with one attached hydrogen (secondary N) is 1. The molecule has 1 aromatic carbocycles. The lowest BCUT2D eigenvalue weighted by Gasteiger charge is -2.43. The van der Waals surface area contributed by atoms with Crippen molar-refractivity contribution < 1.29 is 4.79 Å². The third-order valence-electron chi connectivity index (χ3n) is 4.43. The van der Waals surface area contributed by atoms with Crippen molar-refractivity contribution in [3.8, 4) is 0 Å². The number of hydrogen-bond acceptors (Lipinski definition) is 2. The maximum atomic E-state index is 12.3. The molecule has 0 atom stereocenters. The summed E-state index contributed by atoms with van der Waals surface area (Å²) in [6.45, 7) is 0.722. The largest absolute Gasteiger partial charge is 0.350 e. The lowest BCUT2D eigenvalue weighted by Crippen LogP contribution is -2.53. The van der Waals surface area contributed by atoms with E-state index in [-0.39, 0.29) is 11.4 Å². The van der Waals surface area contributed by atoms with Crippen molar-refractivity contribution in [2.45, 2.75) is 37.6 Å². The van der Waals surface area contributed by atoms with Crippen molar-refractivity contribution in [3.63, 3.8) is 0 Å². The molecule has 0 radical (unpaired) electrons. The summed E-state index contributed by atoms with van der Waals surface area (Å²) >= 11 is 3.43. The molecule has 1 fully saturated rings. The first-order valence-electron chi connectivity index (χ1n) is 7.25. The van der Waals surface area contributed by atoms with Gasteiger partial charge in [-0.3, -0.25) is 4.79 Å². The third-order valence-corrected chi connectivity index (χ3v) is 5.12. The topological polar surface area (TPSA) is 32.3 Å². The van der Waals surface area contributed by atoms with E-state index in [9.17, 15) is 4.79 Å². The van der Waals surface area contributed by atoms with Crippen molar-refractivity contribution in [2.24, 2.45) is 0 Å². The van der Waals surface area contributed by atoms with Crippen LogP contribution in [0.1, 0.15) is 42.5 Å². The zero-order chi connectivity index (χ0) is 14.6. The van der Waals surface area contributed by atoms with E-state index >= 15 is 0 Å². The molecule has 1 N–H and O–H groups in total. The fourth-order valence-corrected chi connectivity index (χ4v) is 3.44. The fourth-order valence-electron chi connectivity index (χ4n) is 2.98. The van der Waals surface area contributed by atoms with Crippen LogP contribution in [0.15, 0.2) is 28.7 Å². The van der Waals surface area contributed by atoms with Gasteiger partial charge in [-0.15, -0.1) is 0 Å². The molecule has 3 nitrogen and oxygen atoms in total. The zero-order valence-corrected chi connectivity index (χ0v) is 13.9. The number of nitrogens with zero attached hydrogens (tertiary/aromatic N) is 1. The predicted octanol–water partition coefficient (Wildman–Crippen LogP) is 3.44. The number of carbonyl (C=O) groups excluding carboxylic acids is 1. The molecule has 1 aliphatic carbocycles. The summed E-state index contributed by atoms with van der Waals surface area (Å²) in [6.07, 6.45) is 6.15. The number of carbonyl (C=O) groups is 1. The van der Waals surface area contributed by atoms with E-state index in [4.69, 9.17) is 0 Å². The van der Waals surface area contributed by atoms with Crippen LogP contribution in [0.25, 0.3) is 0 Å². The molecule has 0 aliphatic heterocycles. The first-order valence-corrected chi connectivity index (χ1v) is 8.05. The third kappa shape index (κ3) is 3.41. The van der Waals surface area contributed by atoms with Gasteiger partial charge < -0.3 is 10.2 Å². The van der Waals surface area contributed by atoms with Gasteiger partial charge in [0.25, 0.3) is 5.91 Å². The first-order chi connectivity index (χ1) is 9.55. The second-order valence-corrected chi connectivity index (χ2v) is 6.70. The summed E-state index contributed by atoms with van der Waals surface area (Å²) < 4.78 is 0.847. The monoisotopic (exact) mass is 338 g/mol. The van der Waals surface area contributed by atoms with Crippen LogP contribution in [0.4, 0.5) is 0 Å². The molecule has 0 spiro atoms. The van der Waals surface area contributed by atoms with E-state index in [0.717, 1.165) is 23.9 Å². The Morgan fingerprint density at radius 2 is 1.90 bits per heavy atom. The average molecular weight is 339 g/mol. The van der Waals surface area contributed by atoms with Gasteiger partial charge in [0.2, 0.25) is 0 Å². The highest BCUT2D eigenvalue weighted by molar-refractivity contribution is 9.10. The van der Waals surface area contributed by atoms with Gasteiger partial charge in [-0.25, -0.2) is 0 Å². The van der Waals surface area contributed by atoms with Gasteiger partial charge in [0.05, 0.1) is 5.56 Å². The van der Waals surface area contributed by atoms with Crippen LogP contribution in [0.5, 0.6) is 0 Å². The summed E-state index contributed by atoms with van der Waals surface area (Å²) in [5, 5.41) is 3.12. The highest BCUT2D eigenvalue weighted by atomic mass is 79.9. The van der Waals surface area contributed by atoms with E-state index in [1.807, 2.05) is 24.3 Å². The normalized spacial score (nSPS) is 18.0. The van der Waals surface area contributed by atoms with Crippen molar-refractivity contribution in [1.29, 1.82) is 0 Å². The molecule has 0 saturated heterocycles. The van der Waals surface area contributed by atoms with Crippen LogP contribution < -0.4 is 5.32 Å². The number of amides is 1. The van der Waals surface area contributed by atoms with Gasteiger partial charge in [-0.05, 0) is 55.0 Å². The summed E-state index contributed by atoms with van der Waals surface area (Å²) in [5.74, 6) is 0.00396. The fraction of sp³-hybridized carbons (Fsp3) is 0.562. The Kier molecular flexibility index (Phi) is 5.22. The average Bonchev–Trinajstić information content (AvgIpc) is 2.46. The molecule has 1 saturated carbocycles. The Morgan fingerprint density at radius 1 is 1.25 bits per heavy atom. The van der Waals surface area contributed by atoms with Gasteiger partial charge in [0.15, 0.2) is 0 Å². The van der Waals surface area contributed by atoms with E-state index in [1.54, 1.807) is 0 Å². The zero-order valence-electron chi connectivity index (χ0n) is 12.3. The van der Waals surface area contributed by atoms with Crippen LogP contribution in [0.3, 0.4) is 0 Å². The molecule has 0 bridgehead atoms. The van der Waals surface area contributed by atoms with E-state index in [2.05, 4.69) is 40.2 Å². The minimum Gasteiger partial charge on any atom is -0.350 e. The van der Waals surface area contributed by atoms with Crippen LogP contribution in [-0.4, -0.2) is 37.0 Å². The lowest BCUT2D eigenvalue weighted by atomic mass is 9.80. The Balaban J connectivity index is 2.03. The van der Waals surface area contributed by atoms with E-state index < -0.39 is 0 Å². The van der Waals surface area contributed by atoms with Crippen molar-refractivity contribution in [3.05, 3.63) is 34.3 Å². The van der Waals surface area contributed by atoms with Gasteiger partial charge in [0, 0.05) is 16.6 Å².